The van der Waals surface area contributed by atoms with Crippen LogP contribution in [0.3, 0.4) is 0 Å². The summed E-state index contributed by atoms with van der Waals surface area (Å²) in [5, 5.41) is 5.29. The molecule has 1 aliphatic heterocycles. The lowest BCUT2D eigenvalue weighted by Crippen LogP contribution is -2.45. The Bertz CT molecular complexity index is 462. The molecule has 0 saturated carbocycles. The number of hydrogen-bond donors (Lipinski definition) is 2. The molecule has 1 aromatic rings. The second kappa shape index (κ2) is 5.62. The standard InChI is InChI=1S/C13H15FN2O2/c14-10-6-2-1-5-9(10)12(17)16-11-7-3-4-8-15-13(11)18/h1-2,5-6,11H,3-4,7-8H2,(H,15,18)(H,16,17). The number of rotatable bonds is 2. The van der Waals surface area contributed by atoms with Gasteiger partial charge in [0.2, 0.25) is 5.91 Å². The van der Waals surface area contributed by atoms with Gasteiger partial charge < -0.3 is 10.6 Å². The molecule has 2 N–H and O–H groups in total. The first kappa shape index (κ1) is 12.5. The van der Waals surface area contributed by atoms with E-state index in [1.165, 1.54) is 18.2 Å². The Labute approximate surface area is 105 Å². The van der Waals surface area contributed by atoms with Gasteiger partial charge in [-0.25, -0.2) is 4.39 Å². The molecule has 1 aromatic carbocycles. The van der Waals surface area contributed by atoms with E-state index >= 15 is 0 Å². The summed E-state index contributed by atoms with van der Waals surface area (Å²) in [5.41, 5.74) is -0.0328. The van der Waals surface area contributed by atoms with Crippen LogP contribution in [-0.2, 0) is 4.79 Å². The van der Waals surface area contributed by atoms with E-state index in [1.54, 1.807) is 6.07 Å². The lowest BCUT2D eigenvalue weighted by atomic mass is 10.1. The molecule has 1 atom stereocenters. The maximum atomic E-state index is 13.4. The van der Waals surface area contributed by atoms with Crippen LogP contribution in [-0.4, -0.2) is 24.4 Å². The highest BCUT2D eigenvalue weighted by Gasteiger charge is 2.23. The highest BCUT2D eigenvalue weighted by molar-refractivity contribution is 5.97. The van der Waals surface area contributed by atoms with Crippen molar-refractivity contribution in [1.29, 1.82) is 0 Å². The summed E-state index contributed by atoms with van der Waals surface area (Å²) < 4.78 is 13.4. The highest BCUT2D eigenvalue weighted by Crippen LogP contribution is 2.09. The number of amides is 2. The van der Waals surface area contributed by atoms with Crippen molar-refractivity contribution in [1.82, 2.24) is 10.6 Å². The van der Waals surface area contributed by atoms with Crippen molar-refractivity contribution in [3.05, 3.63) is 35.6 Å². The maximum absolute atomic E-state index is 13.4. The molecule has 1 unspecified atom stereocenters. The molecular formula is C13H15FN2O2. The quantitative estimate of drug-likeness (QED) is 0.829. The first-order valence-electron chi connectivity index (χ1n) is 6.01. The summed E-state index contributed by atoms with van der Waals surface area (Å²) in [5.74, 6) is -1.32. The fraction of sp³-hybridized carbons (Fsp3) is 0.385. The third-order valence-electron chi connectivity index (χ3n) is 2.96. The number of carbonyl (C=O) groups is 2. The lowest BCUT2D eigenvalue weighted by Gasteiger charge is -2.15. The average molecular weight is 250 g/mol. The fourth-order valence-corrected chi connectivity index (χ4v) is 1.96. The molecule has 0 radical (unpaired) electrons. The molecule has 4 nitrogen and oxygen atoms in total. The van der Waals surface area contributed by atoms with E-state index in [0.717, 1.165) is 12.8 Å². The summed E-state index contributed by atoms with van der Waals surface area (Å²) >= 11 is 0. The summed E-state index contributed by atoms with van der Waals surface area (Å²) in [6.07, 6.45) is 2.35. The molecule has 0 aliphatic carbocycles. The van der Waals surface area contributed by atoms with Crippen LogP contribution in [0, 0.1) is 5.82 Å². The van der Waals surface area contributed by atoms with Crippen molar-refractivity contribution < 1.29 is 14.0 Å². The van der Waals surface area contributed by atoms with Crippen LogP contribution in [0.25, 0.3) is 0 Å². The Morgan fingerprint density at radius 1 is 1.33 bits per heavy atom. The molecule has 96 valence electrons. The number of halogens is 1. The molecule has 5 heteroatoms. The van der Waals surface area contributed by atoms with Crippen molar-refractivity contribution in [3.8, 4) is 0 Å². The van der Waals surface area contributed by atoms with Gasteiger partial charge in [-0.3, -0.25) is 9.59 Å². The molecule has 1 aliphatic rings. The topological polar surface area (TPSA) is 58.2 Å². The zero-order valence-corrected chi connectivity index (χ0v) is 9.91. The summed E-state index contributed by atoms with van der Waals surface area (Å²) in [6, 6.07) is 5.16. The minimum absolute atomic E-state index is 0.0328. The second-order valence-corrected chi connectivity index (χ2v) is 4.29. The highest BCUT2D eigenvalue weighted by atomic mass is 19.1. The second-order valence-electron chi connectivity index (χ2n) is 4.29. The van der Waals surface area contributed by atoms with Gasteiger partial charge in [0.05, 0.1) is 5.56 Å². The van der Waals surface area contributed by atoms with Crippen LogP contribution in [0.15, 0.2) is 24.3 Å². The summed E-state index contributed by atoms with van der Waals surface area (Å²) in [6.45, 7) is 0.630. The van der Waals surface area contributed by atoms with Gasteiger partial charge in [-0.15, -0.1) is 0 Å². The number of benzene rings is 1. The van der Waals surface area contributed by atoms with Crippen molar-refractivity contribution in [2.24, 2.45) is 0 Å². The Hall–Kier alpha value is -1.91. The average Bonchev–Trinajstić information content (AvgIpc) is 2.55. The lowest BCUT2D eigenvalue weighted by molar-refractivity contribution is -0.122. The van der Waals surface area contributed by atoms with Crippen LogP contribution >= 0.6 is 0 Å². The molecular weight excluding hydrogens is 235 g/mol. The van der Waals surface area contributed by atoms with E-state index in [4.69, 9.17) is 0 Å². The van der Waals surface area contributed by atoms with E-state index < -0.39 is 17.8 Å². The van der Waals surface area contributed by atoms with Gasteiger partial charge in [0.1, 0.15) is 11.9 Å². The van der Waals surface area contributed by atoms with Gasteiger partial charge in [0, 0.05) is 6.54 Å². The zero-order valence-electron chi connectivity index (χ0n) is 9.91. The smallest absolute Gasteiger partial charge is 0.254 e. The number of hydrogen-bond acceptors (Lipinski definition) is 2. The largest absolute Gasteiger partial charge is 0.354 e. The normalized spacial score (nSPS) is 19.8. The van der Waals surface area contributed by atoms with Crippen molar-refractivity contribution >= 4 is 11.8 Å². The zero-order chi connectivity index (χ0) is 13.0. The molecule has 2 amide bonds. The van der Waals surface area contributed by atoms with Crippen LogP contribution in [0.1, 0.15) is 29.6 Å². The van der Waals surface area contributed by atoms with Gasteiger partial charge in [-0.05, 0) is 31.4 Å². The Kier molecular flexibility index (Phi) is 3.92. The van der Waals surface area contributed by atoms with Crippen LogP contribution < -0.4 is 10.6 Å². The number of nitrogens with one attached hydrogen (secondary N) is 2. The van der Waals surface area contributed by atoms with Crippen LogP contribution in [0.5, 0.6) is 0 Å². The SMILES string of the molecule is O=C(NC1CCCCNC1=O)c1ccccc1F. The van der Waals surface area contributed by atoms with Gasteiger partial charge in [-0.2, -0.15) is 0 Å². The minimum atomic E-state index is -0.580. The molecule has 2 rings (SSSR count). The third-order valence-corrected chi connectivity index (χ3v) is 2.96. The predicted octanol–water partition coefficient (Wildman–Crippen LogP) is 1.22. The molecule has 1 fully saturated rings. The minimum Gasteiger partial charge on any atom is -0.354 e. The van der Waals surface area contributed by atoms with E-state index in [2.05, 4.69) is 10.6 Å². The first-order chi connectivity index (χ1) is 8.68. The monoisotopic (exact) mass is 250 g/mol. The fourth-order valence-electron chi connectivity index (χ4n) is 1.96. The third kappa shape index (κ3) is 2.85. The van der Waals surface area contributed by atoms with Crippen molar-refractivity contribution in [2.75, 3.05) is 6.54 Å². The summed E-state index contributed by atoms with van der Waals surface area (Å²) in [4.78, 5) is 23.5. The Morgan fingerprint density at radius 2 is 2.11 bits per heavy atom. The van der Waals surface area contributed by atoms with Crippen LogP contribution in [0.4, 0.5) is 4.39 Å². The Morgan fingerprint density at radius 3 is 2.89 bits per heavy atom. The van der Waals surface area contributed by atoms with Gasteiger partial charge in [0.15, 0.2) is 0 Å². The van der Waals surface area contributed by atoms with Gasteiger partial charge in [0.25, 0.3) is 5.91 Å². The molecule has 0 aromatic heterocycles. The molecule has 1 saturated heterocycles. The maximum Gasteiger partial charge on any atom is 0.254 e. The molecule has 0 bridgehead atoms. The molecule has 18 heavy (non-hydrogen) atoms. The van der Waals surface area contributed by atoms with Crippen LogP contribution in [0.2, 0.25) is 0 Å². The molecule has 0 spiro atoms. The predicted molar refractivity (Wildman–Crippen MR) is 64.5 cm³/mol. The van der Waals surface area contributed by atoms with Gasteiger partial charge >= 0.3 is 0 Å². The van der Waals surface area contributed by atoms with Crippen molar-refractivity contribution in [3.63, 3.8) is 0 Å². The van der Waals surface area contributed by atoms with E-state index in [0.29, 0.717) is 13.0 Å². The van der Waals surface area contributed by atoms with E-state index in [9.17, 15) is 14.0 Å². The van der Waals surface area contributed by atoms with E-state index in [-0.39, 0.29) is 11.5 Å². The van der Waals surface area contributed by atoms with E-state index in [1.807, 2.05) is 0 Å². The first-order valence-corrected chi connectivity index (χ1v) is 6.01. The molecule has 1 heterocycles. The van der Waals surface area contributed by atoms with Gasteiger partial charge in [-0.1, -0.05) is 12.1 Å². The Balaban J connectivity index is 2.06. The summed E-state index contributed by atoms with van der Waals surface area (Å²) in [7, 11) is 0. The number of carbonyl (C=O) groups excluding carboxylic acids is 2. The van der Waals surface area contributed by atoms with Crippen molar-refractivity contribution in [2.45, 2.75) is 25.3 Å².